The van der Waals surface area contributed by atoms with Crippen molar-refractivity contribution in [2.45, 2.75) is 5.51 Å². The van der Waals surface area contributed by atoms with Gasteiger partial charge in [0, 0.05) is 33.2 Å². The standard InChI is InChI=1S/C37H23F3N2O4S/c38-37(39,40)47(43,44)46-34-22-20-32(41(24-11-3-1-4-12-24)25-13-5-2-6-14-25)35-29-23-26(19-21-33(29)45-36(34)35)42-30-17-9-7-15-27(30)28-16-8-10-18-31(28)42/h1-23H. The number of fused-ring (bicyclic) bond motifs is 6. The Kier molecular flexibility index (Phi) is 6.52. The van der Waals surface area contributed by atoms with Crippen LogP contribution in [0, 0.1) is 0 Å². The van der Waals surface area contributed by atoms with E-state index in [9.17, 15) is 21.6 Å². The Hall–Kier alpha value is -5.74. The molecule has 0 unspecified atom stereocenters. The maximum absolute atomic E-state index is 13.5. The highest BCUT2D eigenvalue weighted by Gasteiger charge is 2.49. The number of hydrogen-bond donors (Lipinski definition) is 0. The van der Waals surface area contributed by atoms with Crippen molar-refractivity contribution >= 4 is 70.9 Å². The largest absolute Gasteiger partial charge is 0.534 e. The first-order valence-corrected chi connectivity index (χ1v) is 16.0. The summed E-state index contributed by atoms with van der Waals surface area (Å²) in [5.74, 6) is -0.572. The quantitative estimate of drug-likeness (QED) is 0.133. The number of alkyl halides is 3. The molecular formula is C37H23F3N2O4S. The van der Waals surface area contributed by atoms with Crippen molar-refractivity contribution in [1.29, 1.82) is 0 Å². The van der Waals surface area contributed by atoms with Crippen molar-refractivity contribution in [3.8, 4) is 11.4 Å². The number of anilines is 3. The van der Waals surface area contributed by atoms with Crippen molar-refractivity contribution < 1.29 is 30.2 Å². The highest BCUT2D eigenvalue weighted by molar-refractivity contribution is 7.88. The van der Waals surface area contributed by atoms with E-state index in [4.69, 9.17) is 8.60 Å². The Balaban J connectivity index is 1.45. The summed E-state index contributed by atoms with van der Waals surface area (Å²) in [6.45, 7) is 0. The number of nitrogens with zero attached hydrogens (tertiary/aromatic N) is 2. The predicted octanol–water partition coefficient (Wildman–Crippen LogP) is 10.4. The van der Waals surface area contributed by atoms with E-state index >= 15 is 0 Å². The lowest BCUT2D eigenvalue weighted by Gasteiger charge is -2.26. The molecule has 6 aromatic carbocycles. The van der Waals surface area contributed by atoms with Crippen LogP contribution in [-0.4, -0.2) is 18.5 Å². The van der Waals surface area contributed by atoms with Gasteiger partial charge in [-0.05, 0) is 66.7 Å². The Morgan fingerprint density at radius 2 is 1.19 bits per heavy atom. The van der Waals surface area contributed by atoms with Crippen molar-refractivity contribution in [3.63, 3.8) is 0 Å². The first-order chi connectivity index (χ1) is 22.7. The van der Waals surface area contributed by atoms with Gasteiger partial charge in [-0.15, -0.1) is 0 Å². The van der Waals surface area contributed by atoms with Gasteiger partial charge in [0.05, 0.1) is 22.1 Å². The molecule has 0 saturated carbocycles. The van der Waals surface area contributed by atoms with Crippen molar-refractivity contribution in [2.75, 3.05) is 4.90 Å². The van der Waals surface area contributed by atoms with E-state index in [1.165, 1.54) is 6.07 Å². The summed E-state index contributed by atoms with van der Waals surface area (Å²) < 4.78 is 77.8. The smallest absolute Gasteiger partial charge is 0.452 e. The summed E-state index contributed by atoms with van der Waals surface area (Å²) in [6.07, 6.45) is 0. The Morgan fingerprint density at radius 1 is 0.638 bits per heavy atom. The topological polar surface area (TPSA) is 64.7 Å². The van der Waals surface area contributed by atoms with Gasteiger partial charge in [-0.1, -0.05) is 72.8 Å². The molecule has 8 aromatic rings. The van der Waals surface area contributed by atoms with Crippen LogP contribution in [0.4, 0.5) is 30.2 Å². The third-order valence-electron chi connectivity index (χ3n) is 8.14. The molecule has 0 aliphatic heterocycles. The summed E-state index contributed by atoms with van der Waals surface area (Å²) in [5, 5.41) is 3.06. The van der Waals surface area contributed by atoms with E-state index in [-0.39, 0.29) is 5.58 Å². The zero-order valence-corrected chi connectivity index (χ0v) is 25.2. The van der Waals surface area contributed by atoms with E-state index in [1.807, 2.05) is 114 Å². The molecule has 0 atom stereocenters. The van der Waals surface area contributed by atoms with Crippen molar-refractivity contribution in [2.24, 2.45) is 0 Å². The van der Waals surface area contributed by atoms with Gasteiger partial charge in [-0.25, -0.2) is 0 Å². The van der Waals surface area contributed by atoms with Crippen LogP contribution >= 0.6 is 0 Å². The molecule has 232 valence electrons. The highest BCUT2D eigenvalue weighted by atomic mass is 32.2. The molecule has 10 heteroatoms. The van der Waals surface area contributed by atoms with Crippen LogP contribution in [0.3, 0.4) is 0 Å². The molecule has 8 rings (SSSR count). The molecule has 0 saturated heterocycles. The summed E-state index contributed by atoms with van der Waals surface area (Å²) in [4.78, 5) is 1.94. The molecule has 47 heavy (non-hydrogen) atoms. The second kappa shape index (κ2) is 10.7. The minimum Gasteiger partial charge on any atom is -0.452 e. The number of rotatable bonds is 6. The molecule has 0 radical (unpaired) electrons. The molecule has 6 nitrogen and oxygen atoms in total. The molecule has 2 aromatic heterocycles. The lowest BCUT2D eigenvalue weighted by atomic mass is 10.1. The summed E-state index contributed by atoms with van der Waals surface area (Å²) in [7, 11) is -5.99. The monoisotopic (exact) mass is 648 g/mol. The Bertz CT molecular complexity index is 2470. The molecular weight excluding hydrogens is 625 g/mol. The van der Waals surface area contributed by atoms with Crippen LogP contribution in [0.25, 0.3) is 49.4 Å². The van der Waals surface area contributed by atoms with E-state index < -0.39 is 21.4 Å². The molecule has 0 N–H and O–H groups in total. The molecule has 0 spiro atoms. The van der Waals surface area contributed by atoms with Gasteiger partial charge in [0.1, 0.15) is 5.58 Å². The second-order valence-corrected chi connectivity index (χ2v) is 12.5. The van der Waals surface area contributed by atoms with Crippen LogP contribution in [0.5, 0.6) is 5.75 Å². The van der Waals surface area contributed by atoms with Gasteiger partial charge in [-0.2, -0.15) is 21.6 Å². The van der Waals surface area contributed by atoms with Gasteiger partial charge in [0.25, 0.3) is 0 Å². The summed E-state index contributed by atoms with van der Waals surface area (Å²) in [6, 6.07) is 43.2. The maximum Gasteiger partial charge on any atom is 0.534 e. The van der Waals surface area contributed by atoms with Gasteiger partial charge in [-0.3, -0.25) is 0 Å². The second-order valence-electron chi connectivity index (χ2n) is 10.9. The Morgan fingerprint density at radius 3 is 1.77 bits per heavy atom. The average Bonchev–Trinajstić information content (AvgIpc) is 3.63. The van der Waals surface area contributed by atoms with Gasteiger partial charge >= 0.3 is 15.6 Å². The zero-order valence-electron chi connectivity index (χ0n) is 24.3. The summed E-state index contributed by atoms with van der Waals surface area (Å²) in [5.41, 5.74) is -0.625. The third kappa shape index (κ3) is 4.68. The van der Waals surface area contributed by atoms with Crippen molar-refractivity contribution in [1.82, 2.24) is 4.57 Å². The fourth-order valence-electron chi connectivity index (χ4n) is 6.17. The van der Waals surface area contributed by atoms with Crippen LogP contribution in [0.15, 0.2) is 144 Å². The minimum absolute atomic E-state index is 0.137. The highest BCUT2D eigenvalue weighted by Crippen LogP contribution is 2.47. The average molecular weight is 649 g/mol. The van der Waals surface area contributed by atoms with Crippen LogP contribution < -0.4 is 9.08 Å². The molecule has 2 heterocycles. The van der Waals surface area contributed by atoms with Gasteiger partial charge in [0.15, 0.2) is 11.3 Å². The minimum atomic E-state index is -5.99. The number of furan rings is 1. The van der Waals surface area contributed by atoms with Crippen molar-refractivity contribution in [3.05, 3.63) is 140 Å². The summed E-state index contributed by atoms with van der Waals surface area (Å²) >= 11 is 0. The lowest BCUT2D eigenvalue weighted by Crippen LogP contribution is -2.28. The number of benzene rings is 6. The third-order valence-corrected chi connectivity index (χ3v) is 9.10. The maximum atomic E-state index is 13.5. The van der Waals surface area contributed by atoms with E-state index in [0.717, 1.165) is 38.9 Å². The molecule has 0 aliphatic rings. The number of para-hydroxylation sites is 4. The lowest BCUT2D eigenvalue weighted by molar-refractivity contribution is -0.0499. The SMILES string of the molecule is O=S(=O)(Oc1ccc(N(c2ccccc2)c2ccccc2)c2c1oc1ccc(-n3c4ccccc4c4ccccc43)cc12)C(F)(F)F. The van der Waals surface area contributed by atoms with Gasteiger partial charge in [0.2, 0.25) is 0 Å². The number of hydrogen-bond acceptors (Lipinski definition) is 5. The fourth-order valence-corrected chi connectivity index (χ4v) is 6.63. The first kappa shape index (κ1) is 28.7. The van der Waals surface area contributed by atoms with Gasteiger partial charge < -0.3 is 18.1 Å². The first-order valence-electron chi connectivity index (χ1n) is 14.6. The van der Waals surface area contributed by atoms with E-state index in [0.29, 0.717) is 22.0 Å². The normalized spacial score (nSPS) is 12.3. The Labute approximate surface area is 266 Å². The molecule has 0 bridgehead atoms. The fraction of sp³-hybridized carbons (Fsp3) is 0.0270. The number of aromatic nitrogens is 1. The zero-order chi connectivity index (χ0) is 32.3. The molecule has 0 aliphatic carbocycles. The van der Waals surface area contributed by atoms with Crippen LogP contribution in [0.2, 0.25) is 0 Å². The number of halogens is 3. The molecule has 0 fully saturated rings. The molecule has 0 amide bonds. The van der Waals surface area contributed by atoms with Crippen LogP contribution in [0.1, 0.15) is 0 Å². The van der Waals surface area contributed by atoms with Crippen LogP contribution in [-0.2, 0) is 10.1 Å². The predicted molar refractivity (Wildman–Crippen MR) is 178 cm³/mol. The van der Waals surface area contributed by atoms with E-state index in [1.54, 1.807) is 12.1 Å². The van der Waals surface area contributed by atoms with E-state index in [2.05, 4.69) is 16.7 Å².